The monoisotopic (exact) mass is 486 g/mol. The Balaban J connectivity index is 1.52. The Hall–Kier alpha value is -3.65. The molecule has 0 atom stereocenters. The van der Waals surface area contributed by atoms with E-state index in [9.17, 15) is 0 Å². The fraction of sp³-hybridized carbons (Fsp3) is 0.393. The summed E-state index contributed by atoms with van der Waals surface area (Å²) in [7, 11) is 5.28. The van der Waals surface area contributed by atoms with Crippen molar-refractivity contribution in [3.05, 3.63) is 55.0 Å². The van der Waals surface area contributed by atoms with Gasteiger partial charge in [0.2, 0.25) is 0 Å². The zero-order valence-electron chi connectivity index (χ0n) is 21.4. The smallest absolute Gasteiger partial charge is 0.124 e. The maximum Gasteiger partial charge on any atom is 0.124 e. The van der Waals surface area contributed by atoms with Gasteiger partial charge in [0.1, 0.15) is 11.5 Å². The first-order valence-electron chi connectivity index (χ1n) is 12.6. The molecule has 5 rings (SSSR count). The van der Waals surface area contributed by atoms with E-state index in [1.165, 1.54) is 25.7 Å². The molecule has 3 heterocycles. The van der Waals surface area contributed by atoms with Crippen LogP contribution in [0.5, 0.6) is 11.5 Å². The number of likely N-dealkylation sites (tertiary alicyclic amines) is 1. The molecule has 2 aromatic carbocycles. The molecule has 8 nitrogen and oxygen atoms in total. The highest BCUT2D eigenvalue weighted by atomic mass is 16.5. The third-order valence-corrected chi connectivity index (χ3v) is 6.82. The fourth-order valence-electron chi connectivity index (χ4n) is 4.82. The van der Waals surface area contributed by atoms with E-state index >= 15 is 0 Å². The molecule has 2 aromatic heterocycles. The van der Waals surface area contributed by atoms with Crippen molar-refractivity contribution in [2.45, 2.75) is 25.7 Å². The second-order valence-corrected chi connectivity index (χ2v) is 9.31. The first-order chi connectivity index (χ1) is 17.6. The standard InChI is InChI=1S/C28H34N6O2/c1-32-20-21(18-30-32)28-19-29-26-9-8-22(16-27(26)31-28)34(13-12-33-10-6-4-5-7-11-33)23-14-24(35-2)17-25(15-23)36-3/h8-9,14-20H,4-7,10-13H2,1-3H3. The second kappa shape index (κ2) is 11.0. The summed E-state index contributed by atoms with van der Waals surface area (Å²) in [6.07, 6.45) is 10.8. The predicted molar refractivity (Wildman–Crippen MR) is 143 cm³/mol. The Morgan fingerprint density at radius 3 is 2.28 bits per heavy atom. The molecular formula is C28H34N6O2. The molecule has 36 heavy (non-hydrogen) atoms. The van der Waals surface area contributed by atoms with Crippen LogP contribution in [0.1, 0.15) is 25.7 Å². The van der Waals surface area contributed by atoms with Crippen molar-refractivity contribution >= 4 is 22.4 Å². The van der Waals surface area contributed by atoms with Crippen LogP contribution < -0.4 is 14.4 Å². The molecule has 0 saturated carbocycles. The second-order valence-electron chi connectivity index (χ2n) is 9.31. The Morgan fingerprint density at radius 2 is 1.61 bits per heavy atom. The zero-order valence-corrected chi connectivity index (χ0v) is 21.4. The number of methoxy groups -OCH3 is 2. The largest absolute Gasteiger partial charge is 0.497 e. The van der Waals surface area contributed by atoms with Crippen LogP contribution in [0, 0.1) is 0 Å². The average molecular weight is 487 g/mol. The molecule has 1 saturated heterocycles. The number of aryl methyl sites for hydroxylation is 1. The number of aromatic nitrogens is 4. The first kappa shape index (κ1) is 24.1. The van der Waals surface area contributed by atoms with Crippen molar-refractivity contribution in [1.29, 1.82) is 0 Å². The van der Waals surface area contributed by atoms with Crippen molar-refractivity contribution in [2.75, 3.05) is 45.3 Å². The van der Waals surface area contributed by atoms with Crippen molar-refractivity contribution in [3.8, 4) is 22.8 Å². The molecule has 1 fully saturated rings. The number of nitrogens with zero attached hydrogens (tertiary/aromatic N) is 6. The zero-order chi connectivity index (χ0) is 24.9. The Labute approximate surface area is 212 Å². The lowest BCUT2D eigenvalue weighted by molar-refractivity contribution is 0.293. The van der Waals surface area contributed by atoms with Crippen LogP contribution in [0.3, 0.4) is 0 Å². The van der Waals surface area contributed by atoms with Gasteiger partial charge in [-0.25, -0.2) is 4.98 Å². The van der Waals surface area contributed by atoms with E-state index in [1.807, 2.05) is 37.8 Å². The molecule has 4 aromatic rings. The lowest BCUT2D eigenvalue weighted by Gasteiger charge is -2.29. The lowest BCUT2D eigenvalue weighted by atomic mass is 10.2. The van der Waals surface area contributed by atoms with E-state index in [4.69, 9.17) is 14.5 Å². The number of anilines is 2. The number of fused-ring (bicyclic) bond motifs is 1. The van der Waals surface area contributed by atoms with Crippen LogP contribution >= 0.6 is 0 Å². The third kappa shape index (κ3) is 5.44. The maximum absolute atomic E-state index is 5.58. The fourth-order valence-corrected chi connectivity index (χ4v) is 4.82. The Bertz CT molecular complexity index is 1290. The minimum absolute atomic E-state index is 0.767. The van der Waals surface area contributed by atoms with Crippen molar-refractivity contribution in [3.63, 3.8) is 0 Å². The molecule has 188 valence electrons. The Kier molecular flexibility index (Phi) is 7.32. The molecule has 0 N–H and O–H groups in total. The molecule has 0 spiro atoms. The van der Waals surface area contributed by atoms with Crippen molar-refractivity contribution < 1.29 is 9.47 Å². The lowest BCUT2D eigenvalue weighted by Crippen LogP contribution is -2.33. The number of benzene rings is 2. The van der Waals surface area contributed by atoms with Crippen LogP contribution in [-0.4, -0.2) is 65.0 Å². The van der Waals surface area contributed by atoms with E-state index in [1.54, 1.807) is 18.9 Å². The number of hydrogen-bond donors (Lipinski definition) is 0. The summed E-state index contributed by atoms with van der Waals surface area (Å²) in [5.74, 6) is 1.53. The van der Waals surface area contributed by atoms with Gasteiger partial charge in [-0.05, 0) is 44.1 Å². The molecular weight excluding hydrogens is 452 g/mol. The van der Waals surface area contributed by atoms with Crippen molar-refractivity contribution in [1.82, 2.24) is 24.6 Å². The minimum Gasteiger partial charge on any atom is -0.497 e. The van der Waals surface area contributed by atoms with Gasteiger partial charge >= 0.3 is 0 Å². The first-order valence-corrected chi connectivity index (χ1v) is 12.6. The summed E-state index contributed by atoms with van der Waals surface area (Å²) in [5, 5.41) is 4.28. The molecule has 0 radical (unpaired) electrons. The van der Waals surface area contributed by atoms with Crippen LogP contribution in [0.15, 0.2) is 55.0 Å². The predicted octanol–water partition coefficient (Wildman–Crippen LogP) is 5.06. The van der Waals surface area contributed by atoms with E-state index < -0.39 is 0 Å². The maximum atomic E-state index is 5.58. The molecule has 0 unspecified atom stereocenters. The topological polar surface area (TPSA) is 68.5 Å². The van der Waals surface area contributed by atoms with E-state index in [2.05, 4.69) is 44.1 Å². The van der Waals surface area contributed by atoms with Gasteiger partial charge in [0, 0.05) is 61.5 Å². The van der Waals surface area contributed by atoms with Gasteiger partial charge in [0.25, 0.3) is 0 Å². The average Bonchev–Trinajstić information content (AvgIpc) is 3.18. The summed E-state index contributed by atoms with van der Waals surface area (Å²) >= 11 is 0. The summed E-state index contributed by atoms with van der Waals surface area (Å²) in [6.45, 7) is 4.15. The highest BCUT2D eigenvalue weighted by molar-refractivity contribution is 5.82. The van der Waals surface area contributed by atoms with Crippen LogP contribution in [0.2, 0.25) is 0 Å². The summed E-state index contributed by atoms with van der Waals surface area (Å²) in [6, 6.07) is 12.3. The third-order valence-electron chi connectivity index (χ3n) is 6.82. The Morgan fingerprint density at radius 1 is 0.861 bits per heavy atom. The van der Waals surface area contributed by atoms with Gasteiger partial charge in [-0.1, -0.05) is 12.8 Å². The van der Waals surface area contributed by atoms with Gasteiger partial charge in [-0.2, -0.15) is 5.10 Å². The van der Waals surface area contributed by atoms with Gasteiger partial charge in [0.05, 0.1) is 43.3 Å². The minimum atomic E-state index is 0.767. The van der Waals surface area contributed by atoms with Gasteiger partial charge in [-0.15, -0.1) is 0 Å². The molecule has 0 bridgehead atoms. The highest BCUT2D eigenvalue weighted by Gasteiger charge is 2.17. The number of ether oxygens (including phenoxy) is 2. The molecule has 0 amide bonds. The normalized spacial score (nSPS) is 14.5. The summed E-state index contributed by atoms with van der Waals surface area (Å²) in [5.41, 5.74) is 5.56. The van der Waals surface area contributed by atoms with Gasteiger partial charge < -0.3 is 19.3 Å². The molecule has 1 aliphatic rings. The highest BCUT2D eigenvalue weighted by Crippen LogP contribution is 2.34. The van der Waals surface area contributed by atoms with Gasteiger partial charge in [0.15, 0.2) is 0 Å². The van der Waals surface area contributed by atoms with Crippen LogP contribution in [-0.2, 0) is 7.05 Å². The molecule has 1 aliphatic heterocycles. The summed E-state index contributed by atoms with van der Waals surface area (Å²) in [4.78, 5) is 14.5. The van der Waals surface area contributed by atoms with Gasteiger partial charge in [-0.3, -0.25) is 9.67 Å². The number of hydrogen-bond acceptors (Lipinski definition) is 7. The van der Waals surface area contributed by atoms with Crippen molar-refractivity contribution in [2.24, 2.45) is 7.05 Å². The SMILES string of the molecule is COc1cc(OC)cc(N(CCN2CCCCCC2)c2ccc3ncc(-c4cnn(C)c4)nc3c2)c1. The van der Waals surface area contributed by atoms with E-state index in [-0.39, 0.29) is 0 Å². The van der Waals surface area contributed by atoms with E-state index in [0.29, 0.717) is 0 Å². The molecule has 8 heteroatoms. The van der Waals surface area contributed by atoms with E-state index in [0.717, 1.165) is 71.3 Å². The molecule has 0 aliphatic carbocycles. The quantitative estimate of drug-likeness (QED) is 0.345. The van der Waals surface area contributed by atoms with Crippen LogP contribution in [0.4, 0.5) is 11.4 Å². The summed E-state index contributed by atoms with van der Waals surface area (Å²) < 4.78 is 12.9. The van der Waals surface area contributed by atoms with Crippen LogP contribution in [0.25, 0.3) is 22.3 Å². The number of rotatable bonds is 8.